The van der Waals surface area contributed by atoms with Crippen LogP contribution in [0.15, 0.2) is 12.3 Å². The van der Waals surface area contributed by atoms with Gasteiger partial charge in [0.1, 0.15) is 5.82 Å². The number of nitrogens with zero attached hydrogens (tertiary/aromatic N) is 2. The first kappa shape index (κ1) is 10.9. The molecule has 1 fully saturated rings. The Morgan fingerprint density at radius 2 is 2.06 bits per heavy atom. The number of aromatic nitrogens is 1. The summed E-state index contributed by atoms with van der Waals surface area (Å²) in [6.45, 7) is 3.80. The topological polar surface area (TPSA) is 53.4 Å². The van der Waals surface area contributed by atoms with Crippen molar-refractivity contribution >= 4 is 11.8 Å². The van der Waals surface area contributed by atoms with E-state index < -0.39 is 5.97 Å². The maximum Gasteiger partial charge on any atom is 0.336 e. The lowest BCUT2D eigenvalue weighted by molar-refractivity contribution is 0.0696. The maximum absolute atomic E-state index is 11.0. The number of piperidine rings is 1. The van der Waals surface area contributed by atoms with E-state index in [1.54, 1.807) is 12.3 Å². The Morgan fingerprint density at radius 3 is 2.69 bits per heavy atom. The summed E-state index contributed by atoms with van der Waals surface area (Å²) in [7, 11) is 0. The van der Waals surface area contributed by atoms with Gasteiger partial charge in [0.15, 0.2) is 0 Å². The summed E-state index contributed by atoms with van der Waals surface area (Å²) in [6, 6.07) is 1.56. The minimum absolute atomic E-state index is 0.357. The zero-order valence-electron chi connectivity index (χ0n) is 9.44. The summed E-state index contributed by atoms with van der Waals surface area (Å²) < 4.78 is 0. The molecule has 1 saturated heterocycles. The third-order valence-electron chi connectivity index (χ3n) is 3.06. The van der Waals surface area contributed by atoms with Gasteiger partial charge in [-0.05, 0) is 32.3 Å². The second-order valence-corrected chi connectivity index (χ2v) is 4.16. The van der Waals surface area contributed by atoms with Gasteiger partial charge in [0.25, 0.3) is 0 Å². The van der Waals surface area contributed by atoms with Crippen LogP contribution in [0.2, 0.25) is 0 Å². The van der Waals surface area contributed by atoms with Crippen LogP contribution in [0.5, 0.6) is 0 Å². The summed E-state index contributed by atoms with van der Waals surface area (Å²) in [5, 5.41) is 9.04. The number of carboxylic acid groups (broad SMARTS) is 1. The molecule has 2 heterocycles. The lowest BCUT2D eigenvalue weighted by Gasteiger charge is -2.29. The van der Waals surface area contributed by atoms with Crippen LogP contribution < -0.4 is 4.90 Å². The Morgan fingerprint density at radius 1 is 1.38 bits per heavy atom. The van der Waals surface area contributed by atoms with E-state index in [1.807, 2.05) is 6.92 Å². The molecule has 0 atom stereocenters. The average Bonchev–Trinajstić information content (AvgIpc) is 2.30. The Hall–Kier alpha value is -1.58. The molecule has 0 aliphatic carbocycles. The van der Waals surface area contributed by atoms with Crippen LogP contribution >= 0.6 is 0 Å². The quantitative estimate of drug-likeness (QED) is 0.829. The highest BCUT2D eigenvalue weighted by Gasteiger charge is 2.17. The van der Waals surface area contributed by atoms with Crippen molar-refractivity contribution in [3.05, 3.63) is 23.4 Å². The van der Waals surface area contributed by atoms with Gasteiger partial charge in [0.05, 0.1) is 5.56 Å². The van der Waals surface area contributed by atoms with Crippen LogP contribution in [-0.4, -0.2) is 29.1 Å². The highest BCUT2D eigenvalue weighted by molar-refractivity contribution is 5.90. The zero-order chi connectivity index (χ0) is 11.5. The largest absolute Gasteiger partial charge is 0.478 e. The third kappa shape index (κ3) is 2.01. The summed E-state index contributed by atoms with van der Waals surface area (Å²) in [5.41, 5.74) is 1.13. The molecule has 4 heteroatoms. The van der Waals surface area contributed by atoms with E-state index in [9.17, 15) is 4.79 Å². The van der Waals surface area contributed by atoms with E-state index in [0.717, 1.165) is 24.5 Å². The lowest BCUT2D eigenvalue weighted by atomic mass is 10.1. The molecule has 0 spiro atoms. The van der Waals surface area contributed by atoms with Crippen molar-refractivity contribution in [2.45, 2.75) is 26.2 Å². The smallest absolute Gasteiger partial charge is 0.336 e. The molecule has 0 bridgehead atoms. The van der Waals surface area contributed by atoms with E-state index in [1.165, 1.54) is 19.3 Å². The maximum atomic E-state index is 11.0. The molecule has 16 heavy (non-hydrogen) atoms. The van der Waals surface area contributed by atoms with Gasteiger partial charge in [0, 0.05) is 24.8 Å². The summed E-state index contributed by atoms with van der Waals surface area (Å²) >= 11 is 0. The number of anilines is 1. The number of pyridine rings is 1. The second-order valence-electron chi connectivity index (χ2n) is 4.16. The number of aromatic carboxylic acids is 1. The fourth-order valence-corrected chi connectivity index (χ4v) is 2.18. The molecular formula is C12H16N2O2. The SMILES string of the molecule is Cc1c(C(=O)O)ccnc1N1CCCCC1. The van der Waals surface area contributed by atoms with Crippen LogP contribution in [0.1, 0.15) is 35.2 Å². The second kappa shape index (κ2) is 4.51. The van der Waals surface area contributed by atoms with Gasteiger partial charge in [-0.1, -0.05) is 0 Å². The van der Waals surface area contributed by atoms with Crippen LogP contribution in [0, 0.1) is 6.92 Å². The predicted octanol–water partition coefficient (Wildman–Crippen LogP) is 2.08. The van der Waals surface area contributed by atoms with Crippen LogP contribution in [0.25, 0.3) is 0 Å². The highest BCUT2D eigenvalue weighted by atomic mass is 16.4. The number of rotatable bonds is 2. The molecule has 0 amide bonds. The number of hydrogen-bond donors (Lipinski definition) is 1. The molecule has 1 aromatic heterocycles. The van der Waals surface area contributed by atoms with E-state index >= 15 is 0 Å². The fraction of sp³-hybridized carbons (Fsp3) is 0.500. The van der Waals surface area contributed by atoms with E-state index in [0.29, 0.717) is 5.56 Å². The molecule has 1 aromatic rings. The van der Waals surface area contributed by atoms with Gasteiger partial charge in [-0.3, -0.25) is 0 Å². The molecule has 1 aliphatic rings. The normalized spacial score (nSPS) is 16.2. The Balaban J connectivity index is 2.33. The van der Waals surface area contributed by atoms with Gasteiger partial charge in [0.2, 0.25) is 0 Å². The fourth-order valence-electron chi connectivity index (χ4n) is 2.18. The molecule has 1 aliphatic heterocycles. The lowest BCUT2D eigenvalue weighted by Crippen LogP contribution is -2.31. The first-order valence-electron chi connectivity index (χ1n) is 5.64. The summed E-state index contributed by atoms with van der Waals surface area (Å²) in [6.07, 6.45) is 5.17. The molecule has 2 rings (SSSR count). The number of carbonyl (C=O) groups is 1. The number of carboxylic acids is 1. The summed E-state index contributed by atoms with van der Waals surface area (Å²) in [4.78, 5) is 17.5. The van der Waals surface area contributed by atoms with Gasteiger partial charge < -0.3 is 10.0 Å². The molecular weight excluding hydrogens is 204 g/mol. The average molecular weight is 220 g/mol. The first-order valence-corrected chi connectivity index (χ1v) is 5.64. The predicted molar refractivity (Wildman–Crippen MR) is 62.0 cm³/mol. The zero-order valence-corrected chi connectivity index (χ0v) is 9.44. The van der Waals surface area contributed by atoms with Gasteiger partial charge in [-0.15, -0.1) is 0 Å². The van der Waals surface area contributed by atoms with Crippen molar-refractivity contribution in [1.82, 2.24) is 4.98 Å². The molecule has 86 valence electrons. The van der Waals surface area contributed by atoms with Crippen molar-refractivity contribution in [2.24, 2.45) is 0 Å². The van der Waals surface area contributed by atoms with Gasteiger partial charge >= 0.3 is 5.97 Å². The van der Waals surface area contributed by atoms with Crippen LogP contribution in [-0.2, 0) is 0 Å². The third-order valence-corrected chi connectivity index (χ3v) is 3.06. The Bertz CT molecular complexity index is 398. The number of hydrogen-bond acceptors (Lipinski definition) is 3. The van der Waals surface area contributed by atoms with E-state index in [2.05, 4.69) is 9.88 Å². The standard InChI is InChI=1S/C12H16N2O2/c1-9-10(12(15)16)5-6-13-11(9)14-7-3-2-4-8-14/h5-6H,2-4,7-8H2,1H3,(H,15,16). The molecule has 0 unspecified atom stereocenters. The Labute approximate surface area is 94.9 Å². The highest BCUT2D eigenvalue weighted by Crippen LogP contribution is 2.23. The van der Waals surface area contributed by atoms with Crippen molar-refractivity contribution < 1.29 is 9.90 Å². The van der Waals surface area contributed by atoms with E-state index in [4.69, 9.17) is 5.11 Å². The minimum Gasteiger partial charge on any atom is -0.478 e. The van der Waals surface area contributed by atoms with E-state index in [-0.39, 0.29) is 0 Å². The monoisotopic (exact) mass is 220 g/mol. The molecule has 0 aromatic carbocycles. The molecule has 0 radical (unpaired) electrons. The van der Waals surface area contributed by atoms with Crippen molar-refractivity contribution in [2.75, 3.05) is 18.0 Å². The van der Waals surface area contributed by atoms with Gasteiger partial charge in [-0.25, -0.2) is 9.78 Å². The molecule has 0 saturated carbocycles. The first-order chi connectivity index (χ1) is 7.70. The van der Waals surface area contributed by atoms with Crippen molar-refractivity contribution in [3.63, 3.8) is 0 Å². The van der Waals surface area contributed by atoms with Crippen molar-refractivity contribution in [1.29, 1.82) is 0 Å². The van der Waals surface area contributed by atoms with Gasteiger partial charge in [-0.2, -0.15) is 0 Å². The van der Waals surface area contributed by atoms with Crippen LogP contribution in [0.3, 0.4) is 0 Å². The molecule has 1 N–H and O–H groups in total. The Kier molecular flexibility index (Phi) is 3.08. The summed E-state index contributed by atoms with van der Waals surface area (Å²) in [5.74, 6) is -0.0437. The van der Waals surface area contributed by atoms with Crippen molar-refractivity contribution in [3.8, 4) is 0 Å². The minimum atomic E-state index is -0.877. The molecule has 4 nitrogen and oxygen atoms in total. The van der Waals surface area contributed by atoms with Crippen LogP contribution in [0.4, 0.5) is 5.82 Å².